The maximum absolute atomic E-state index is 6.13. The van der Waals surface area contributed by atoms with Gasteiger partial charge in [0.05, 0.1) is 10.7 Å². The Kier molecular flexibility index (Phi) is 5.61. The van der Waals surface area contributed by atoms with Crippen molar-refractivity contribution in [1.29, 1.82) is 0 Å². The van der Waals surface area contributed by atoms with Crippen LogP contribution in [0.15, 0.2) is 30.6 Å². The minimum Gasteiger partial charge on any atom is -0.369 e. The highest BCUT2D eigenvalue weighted by Gasteiger charge is 2.04. The van der Waals surface area contributed by atoms with Crippen molar-refractivity contribution in [2.24, 2.45) is 0 Å². The Morgan fingerprint density at radius 2 is 1.86 bits per heavy atom. The summed E-state index contributed by atoms with van der Waals surface area (Å²) in [4.78, 5) is 10.5. The first-order valence-electron chi connectivity index (χ1n) is 6.47. The molecule has 0 unspecified atom stereocenters. The van der Waals surface area contributed by atoms with E-state index in [0.29, 0.717) is 15.9 Å². The zero-order valence-corrected chi connectivity index (χ0v) is 13.4. The quantitative estimate of drug-likeness (QED) is 0.851. The molecule has 0 aliphatic carbocycles. The second-order valence-corrected chi connectivity index (χ2v) is 5.61. The highest BCUT2D eigenvalue weighted by molar-refractivity contribution is 6.36. The number of benzene rings is 1. The van der Waals surface area contributed by atoms with Gasteiger partial charge >= 0.3 is 0 Å². The summed E-state index contributed by atoms with van der Waals surface area (Å²) in [5.41, 5.74) is 0.749. The number of anilines is 3. The summed E-state index contributed by atoms with van der Waals surface area (Å²) < 4.78 is 0. The topological polar surface area (TPSA) is 53.1 Å². The molecule has 0 spiro atoms. The van der Waals surface area contributed by atoms with Gasteiger partial charge in [-0.05, 0) is 32.3 Å². The highest BCUT2D eigenvalue weighted by atomic mass is 35.5. The van der Waals surface area contributed by atoms with E-state index in [-0.39, 0.29) is 0 Å². The first kappa shape index (κ1) is 15.8. The van der Waals surface area contributed by atoms with Crippen LogP contribution in [0.5, 0.6) is 0 Å². The van der Waals surface area contributed by atoms with Crippen LogP contribution in [0.3, 0.4) is 0 Å². The Bertz CT molecular complexity index is 604. The lowest BCUT2D eigenvalue weighted by Crippen LogP contribution is -2.21. The number of nitrogens with zero attached hydrogens (tertiary/aromatic N) is 3. The van der Waals surface area contributed by atoms with E-state index in [1.807, 2.05) is 26.2 Å². The van der Waals surface area contributed by atoms with Crippen molar-refractivity contribution in [1.82, 2.24) is 14.9 Å². The molecule has 5 nitrogen and oxygen atoms in total. The molecule has 1 aromatic heterocycles. The average molecular weight is 326 g/mol. The number of hydrogen-bond acceptors (Lipinski definition) is 5. The molecule has 1 heterocycles. The number of nitrogens with one attached hydrogen (secondary N) is 2. The Labute approximate surface area is 134 Å². The molecule has 2 aromatic rings. The fourth-order valence-corrected chi connectivity index (χ4v) is 2.11. The molecular weight excluding hydrogens is 309 g/mol. The van der Waals surface area contributed by atoms with Crippen LogP contribution in [0.4, 0.5) is 17.3 Å². The molecule has 0 saturated carbocycles. The molecule has 1 aromatic carbocycles. The van der Waals surface area contributed by atoms with Gasteiger partial charge in [0, 0.05) is 24.2 Å². The zero-order chi connectivity index (χ0) is 15.2. The summed E-state index contributed by atoms with van der Waals surface area (Å²) >= 11 is 12.0. The standard InChI is InChI=1S/C14H17Cl2N5/c1-21(2)6-5-17-13-8-14(19-9-18-13)20-12-4-3-10(15)7-11(12)16/h3-4,7-9H,5-6H2,1-2H3,(H2,17,18,19,20). The molecule has 2 N–H and O–H groups in total. The Morgan fingerprint density at radius 1 is 1.10 bits per heavy atom. The van der Waals surface area contributed by atoms with Gasteiger partial charge in [0.2, 0.25) is 0 Å². The van der Waals surface area contributed by atoms with E-state index in [2.05, 4.69) is 25.5 Å². The molecule has 0 fully saturated rings. The third kappa shape index (κ3) is 5.04. The molecule has 0 bridgehead atoms. The fourth-order valence-electron chi connectivity index (χ4n) is 1.66. The number of aromatic nitrogens is 2. The van der Waals surface area contributed by atoms with E-state index >= 15 is 0 Å². The summed E-state index contributed by atoms with van der Waals surface area (Å²) in [5.74, 6) is 1.43. The summed E-state index contributed by atoms with van der Waals surface area (Å²) in [7, 11) is 4.05. The van der Waals surface area contributed by atoms with Crippen molar-refractivity contribution in [2.75, 3.05) is 37.8 Å². The van der Waals surface area contributed by atoms with Crippen LogP contribution >= 0.6 is 23.2 Å². The molecule has 21 heavy (non-hydrogen) atoms. The van der Waals surface area contributed by atoms with Gasteiger partial charge in [-0.3, -0.25) is 0 Å². The lowest BCUT2D eigenvalue weighted by molar-refractivity contribution is 0.425. The van der Waals surface area contributed by atoms with Gasteiger partial charge in [0.15, 0.2) is 0 Å². The Balaban J connectivity index is 2.03. The van der Waals surface area contributed by atoms with Gasteiger partial charge in [0.25, 0.3) is 0 Å². The zero-order valence-electron chi connectivity index (χ0n) is 11.9. The lowest BCUT2D eigenvalue weighted by atomic mass is 10.3. The van der Waals surface area contributed by atoms with Gasteiger partial charge < -0.3 is 15.5 Å². The van der Waals surface area contributed by atoms with E-state index in [1.165, 1.54) is 6.33 Å². The Hall–Kier alpha value is -1.56. The molecule has 0 aliphatic rings. The van der Waals surface area contributed by atoms with Gasteiger partial charge in [-0.25, -0.2) is 9.97 Å². The minimum absolute atomic E-state index is 0.545. The highest BCUT2D eigenvalue weighted by Crippen LogP contribution is 2.27. The summed E-state index contributed by atoms with van der Waals surface area (Å²) in [6.45, 7) is 1.74. The molecule has 2 rings (SSSR count). The first-order chi connectivity index (χ1) is 10.0. The first-order valence-corrected chi connectivity index (χ1v) is 7.23. The largest absolute Gasteiger partial charge is 0.369 e. The van der Waals surface area contributed by atoms with Gasteiger partial charge in [-0.1, -0.05) is 23.2 Å². The van der Waals surface area contributed by atoms with Crippen molar-refractivity contribution in [2.45, 2.75) is 0 Å². The third-order valence-electron chi connectivity index (χ3n) is 2.73. The lowest BCUT2D eigenvalue weighted by Gasteiger charge is -2.12. The number of halogens is 2. The van der Waals surface area contributed by atoms with Crippen LogP contribution in [-0.2, 0) is 0 Å². The summed E-state index contributed by atoms with van der Waals surface area (Å²) in [5, 5.41) is 7.53. The predicted octanol–water partition coefficient (Wildman–Crippen LogP) is 3.50. The van der Waals surface area contributed by atoms with Crippen molar-refractivity contribution < 1.29 is 0 Å². The van der Waals surface area contributed by atoms with Gasteiger partial charge in [-0.15, -0.1) is 0 Å². The van der Waals surface area contributed by atoms with Crippen molar-refractivity contribution in [3.63, 3.8) is 0 Å². The molecule has 7 heteroatoms. The summed E-state index contributed by atoms with van der Waals surface area (Å²) in [6.07, 6.45) is 1.50. The second kappa shape index (κ2) is 7.45. The smallest absolute Gasteiger partial charge is 0.135 e. The molecule has 0 radical (unpaired) electrons. The van der Waals surface area contributed by atoms with E-state index in [0.717, 1.165) is 24.6 Å². The monoisotopic (exact) mass is 325 g/mol. The van der Waals surface area contributed by atoms with Gasteiger partial charge in [0.1, 0.15) is 18.0 Å². The van der Waals surface area contributed by atoms with Crippen molar-refractivity contribution in [3.8, 4) is 0 Å². The maximum Gasteiger partial charge on any atom is 0.135 e. The average Bonchev–Trinajstić information content (AvgIpc) is 2.42. The molecule has 112 valence electrons. The van der Waals surface area contributed by atoms with Crippen LogP contribution in [0.1, 0.15) is 0 Å². The Morgan fingerprint density at radius 3 is 2.57 bits per heavy atom. The fraction of sp³-hybridized carbons (Fsp3) is 0.286. The van der Waals surface area contributed by atoms with Crippen LogP contribution in [-0.4, -0.2) is 42.1 Å². The van der Waals surface area contributed by atoms with E-state index in [1.54, 1.807) is 12.1 Å². The van der Waals surface area contributed by atoms with Crippen molar-refractivity contribution in [3.05, 3.63) is 40.6 Å². The van der Waals surface area contributed by atoms with Crippen LogP contribution < -0.4 is 10.6 Å². The SMILES string of the molecule is CN(C)CCNc1cc(Nc2ccc(Cl)cc2Cl)ncn1. The van der Waals surface area contributed by atoms with E-state index in [4.69, 9.17) is 23.2 Å². The van der Waals surface area contributed by atoms with E-state index < -0.39 is 0 Å². The maximum atomic E-state index is 6.13. The van der Waals surface area contributed by atoms with Crippen LogP contribution in [0, 0.1) is 0 Å². The number of hydrogen-bond donors (Lipinski definition) is 2. The minimum atomic E-state index is 0.545. The number of likely N-dealkylation sites (N-methyl/N-ethyl adjacent to an activating group) is 1. The molecule has 0 saturated heterocycles. The molecular formula is C14H17Cl2N5. The van der Waals surface area contributed by atoms with E-state index in [9.17, 15) is 0 Å². The van der Waals surface area contributed by atoms with Crippen LogP contribution in [0.2, 0.25) is 10.0 Å². The third-order valence-corrected chi connectivity index (χ3v) is 3.27. The molecule has 0 amide bonds. The number of rotatable bonds is 6. The summed E-state index contributed by atoms with van der Waals surface area (Å²) in [6, 6.07) is 7.10. The molecule has 0 atom stereocenters. The predicted molar refractivity (Wildman–Crippen MR) is 88.8 cm³/mol. The van der Waals surface area contributed by atoms with Gasteiger partial charge in [-0.2, -0.15) is 0 Å². The van der Waals surface area contributed by atoms with Crippen LogP contribution in [0.25, 0.3) is 0 Å². The van der Waals surface area contributed by atoms with Crippen molar-refractivity contribution >= 4 is 40.5 Å². The molecule has 0 aliphatic heterocycles. The second-order valence-electron chi connectivity index (χ2n) is 4.77. The normalized spacial score (nSPS) is 10.7.